The van der Waals surface area contributed by atoms with Crippen LogP contribution in [0.25, 0.3) is 0 Å². The van der Waals surface area contributed by atoms with Crippen molar-refractivity contribution in [1.82, 2.24) is 4.31 Å². The van der Waals surface area contributed by atoms with E-state index in [2.05, 4.69) is 0 Å². The number of esters is 1. The van der Waals surface area contributed by atoms with Gasteiger partial charge in [0.25, 0.3) is 5.69 Å². The fourth-order valence-corrected chi connectivity index (χ4v) is 4.06. The summed E-state index contributed by atoms with van der Waals surface area (Å²) in [5.74, 6) is -0.695. The molecule has 2 aromatic carbocycles. The van der Waals surface area contributed by atoms with Crippen LogP contribution in [0.3, 0.4) is 0 Å². The first-order valence-electron chi connectivity index (χ1n) is 8.65. The molecule has 1 heterocycles. The van der Waals surface area contributed by atoms with Crippen molar-refractivity contribution in [2.45, 2.75) is 11.8 Å². The van der Waals surface area contributed by atoms with Crippen LogP contribution in [0.2, 0.25) is 0 Å². The second kappa shape index (κ2) is 8.38. The highest BCUT2D eigenvalue weighted by Crippen LogP contribution is 2.21. The molecule has 1 aliphatic rings. The molecule has 0 aliphatic carbocycles. The molecule has 0 saturated heterocycles. The SMILES string of the molecule is Cc1ccc(S(=O)(=O)N2CC=C/C(=C/OC(=O)c3ccc([N+](=O)[O-])cc3)C2)cc1. The third-order valence-corrected chi connectivity index (χ3v) is 6.12. The van der Waals surface area contributed by atoms with E-state index in [0.29, 0.717) is 5.57 Å². The Labute approximate surface area is 167 Å². The van der Waals surface area contributed by atoms with Crippen molar-refractivity contribution in [3.05, 3.63) is 93.8 Å². The molecule has 2 aromatic rings. The standard InChI is InChI=1S/C20H18N2O6S/c1-15-4-10-19(11-5-15)29(26,27)21-12-2-3-16(13-21)14-28-20(23)17-6-8-18(9-7-17)22(24)25/h2-11,14H,12-13H2,1H3/b16-14-. The highest BCUT2D eigenvalue weighted by atomic mass is 32.2. The van der Waals surface area contributed by atoms with Gasteiger partial charge in [-0.2, -0.15) is 4.31 Å². The van der Waals surface area contributed by atoms with E-state index < -0.39 is 20.9 Å². The normalized spacial score (nSPS) is 16.0. The summed E-state index contributed by atoms with van der Waals surface area (Å²) in [6, 6.07) is 11.6. The van der Waals surface area contributed by atoms with Gasteiger partial charge in [0, 0.05) is 30.8 Å². The average Bonchev–Trinajstić information content (AvgIpc) is 2.72. The number of rotatable bonds is 5. The first-order valence-corrected chi connectivity index (χ1v) is 10.1. The van der Waals surface area contributed by atoms with E-state index in [-0.39, 0.29) is 29.2 Å². The third-order valence-electron chi connectivity index (χ3n) is 4.29. The summed E-state index contributed by atoms with van der Waals surface area (Å²) in [6.07, 6.45) is 4.54. The maximum absolute atomic E-state index is 12.8. The fraction of sp³-hybridized carbons (Fsp3) is 0.150. The molecule has 3 rings (SSSR count). The van der Waals surface area contributed by atoms with Gasteiger partial charge >= 0.3 is 5.97 Å². The predicted molar refractivity (Wildman–Crippen MR) is 106 cm³/mol. The molecule has 0 radical (unpaired) electrons. The van der Waals surface area contributed by atoms with Crippen LogP contribution in [0.5, 0.6) is 0 Å². The number of aryl methyl sites for hydroxylation is 1. The molecule has 0 saturated carbocycles. The van der Waals surface area contributed by atoms with Crippen molar-refractivity contribution in [3.63, 3.8) is 0 Å². The van der Waals surface area contributed by atoms with E-state index in [1.54, 1.807) is 36.4 Å². The summed E-state index contributed by atoms with van der Waals surface area (Å²) in [4.78, 5) is 22.4. The minimum Gasteiger partial charge on any atom is -0.431 e. The maximum Gasteiger partial charge on any atom is 0.342 e. The zero-order valence-electron chi connectivity index (χ0n) is 15.5. The molecule has 9 heteroatoms. The number of nitrogens with zero attached hydrogens (tertiary/aromatic N) is 2. The van der Waals surface area contributed by atoms with Gasteiger partial charge in [-0.05, 0) is 31.2 Å². The lowest BCUT2D eigenvalue weighted by atomic mass is 10.2. The molecule has 0 bridgehead atoms. The van der Waals surface area contributed by atoms with Crippen LogP contribution in [-0.4, -0.2) is 36.7 Å². The van der Waals surface area contributed by atoms with Crippen molar-refractivity contribution < 1.29 is 22.9 Å². The quantitative estimate of drug-likeness (QED) is 0.322. The lowest BCUT2D eigenvalue weighted by Gasteiger charge is -2.24. The van der Waals surface area contributed by atoms with Crippen LogP contribution < -0.4 is 0 Å². The Bertz CT molecular complexity index is 1090. The van der Waals surface area contributed by atoms with Gasteiger partial charge in [0.2, 0.25) is 10.0 Å². The van der Waals surface area contributed by atoms with E-state index in [1.807, 2.05) is 6.92 Å². The molecule has 0 unspecified atom stereocenters. The molecule has 0 amide bonds. The van der Waals surface area contributed by atoms with E-state index >= 15 is 0 Å². The Kier molecular flexibility index (Phi) is 5.90. The van der Waals surface area contributed by atoms with Gasteiger partial charge in [-0.1, -0.05) is 29.8 Å². The smallest absolute Gasteiger partial charge is 0.342 e. The van der Waals surface area contributed by atoms with Gasteiger partial charge in [0.05, 0.1) is 21.6 Å². The summed E-state index contributed by atoms with van der Waals surface area (Å²) in [6.45, 7) is 2.14. The maximum atomic E-state index is 12.8. The lowest BCUT2D eigenvalue weighted by Crippen LogP contribution is -2.34. The van der Waals surface area contributed by atoms with Crippen molar-refractivity contribution in [1.29, 1.82) is 0 Å². The molecule has 8 nitrogen and oxygen atoms in total. The largest absolute Gasteiger partial charge is 0.431 e. The summed E-state index contributed by atoms with van der Waals surface area (Å²) < 4.78 is 32.0. The average molecular weight is 414 g/mol. The zero-order chi connectivity index (χ0) is 21.0. The molecule has 1 aliphatic heterocycles. The van der Waals surface area contributed by atoms with Crippen molar-refractivity contribution in [2.24, 2.45) is 0 Å². The monoisotopic (exact) mass is 414 g/mol. The number of sulfonamides is 1. The number of carbonyl (C=O) groups excluding carboxylic acids is 1. The zero-order valence-corrected chi connectivity index (χ0v) is 16.3. The number of nitro groups is 1. The number of benzene rings is 2. The summed E-state index contributed by atoms with van der Waals surface area (Å²) in [5.41, 5.74) is 1.48. The number of carbonyl (C=O) groups is 1. The summed E-state index contributed by atoms with van der Waals surface area (Å²) in [7, 11) is -3.68. The van der Waals surface area contributed by atoms with Gasteiger partial charge in [-0.25, -0.2) is 13.2 Å². The Morgan fingerprint density at radius 2 is 1.79 bits per heavy atom. The van der Waals surface area contributed by atoms with Gasteiger partial charge in [0.15, 0.2) is 0 Å². The molecule has 0 N–H and O–H groups in total. The van der Waals surface area contributed by atoms with Gasteiger partial charge in [-0.15, -0.1) is 0 Å². The number of hydrogen-bond donors (Lipinski definition) is 0. The van der Waals surface area contributed by atoms with Crippen LogP contribution >= 0.6 is 0 Å². The first kappa shape index (κ1) is 20.4. The molecule has 0 spiro atoms. The van der Waals surface area contributed by atoms with E-state index in [0.717, 1.165) is 5.56 Å². The minimum atomic E-state index is -3.68. The van der Waals surface area contributed by atoms with Crippen LogP contribution in [0.1, 0.15) is 15.9 Å². The van der Waals surface area contributed by atoms with Gasteiger partial charge in [0.1, 0.15) is 0 Å². The molecule has 0 fully saturated rings. The first-order chi connectivity index (χ1) is 13.8. The van der Waals surface area contributed by atoms with E-state index in [9.17, 15) is 23.3 Å². The van der Waals surface area contributed by atoms with Gasteiger partial charge < -0.3 is 4.74 Å². The van der Waals surface area contributed by atoms with Crippen LogP contribution in [0.15, 0.2) is 77.4 Å². The Hall–Kier alpha value is -3.30. The summed E-state index contributed by atoms with van der Waals surface area (Å²) >= 11 is 0. The van der Waals surface area contributed by atoms with E-state index in [4.69, 9.17) is 4.74 Å². The van der Waals surface area contributed by atoms with Crippen molar-refractivity contribution in [3.8, 4) is 0 Å². The van der Waals surface area contributed by atoms with Gasteiger partial charge in [-0.3, -0.25) is 10.1 Å². The van der Waals surface area contributed by atoms with Crippen LogP contribution in [0.4, 0.5) is 5.69 Å². The third kappa shape index (κ3) is 4.76. The predicted octanol–water partition coefficient (Wildman–Crippen LogP) is 3.20. The number of hydrogen-bond acceptors (Lipinski definition) is 6. The van der Waals surface area contributed by atoms with Crippen molar-refractivity contribution >= 4 is 21.7 Å². The highest BCUT2D eigenvalue weighted by Gasteiger charge is 2.26. The second-order valence-corrected chi connectivity index (χ2v) is 8.35. The fourth-order valence-electron chi connectivity index (χ4n) is 2.68. The number of ether oxygens (including phenoxy) is 1. The van der Waals surface area contributed by atoms with Crippen molar-refractivity contribution in [2.75, 3.05) is 13.1 Å². The molecule has 0 aromatic heterocycles. The van der Waals surface area contributed by atoms with Crippen LogP contribution in [-0.2, 0) is 14.8 Å². The van der Waals surface area contributed by atoms with E-state index in [1.165, 1.54) is 34.8 Å². The topological polar surface area (TPSA) is 107 Å². The second-order valence-electron chi connectivity index (χ2n) is 6.42. The molecular weight excluding hydrogens is 396 g/mol. The lowest BCUT2D eigenvalue weighted by molar-refractivity contribution is -0.384. The Balaban J connectivity index is 1.70. The molecule has 150 valence electrons. The molecule has 29 heavy (non-hydrogen) atoms. The van der Waals surface area contributed by atoms with Crippen LogP contribution in [0, 0.1) is 17.0 Å². The number of nitro benzene ring substituents is 1. The Morgan fingerprint density at radius 1 is 1.14 bits per heavy atom. The highest BCUT2D eigenvalue weighted by molar-refractivity contribution is 7.89. The molecule has 0 atom stereocenters. The number of non-ortho nitro benzene ring substituents is 1. The Morgan fingerprint density at radius 3 is 2.41 bits per heavy atom. The minimum absolute atomic E-state index is 0.0558. The summed E-state index contributed by atoms with van der Waals surface area (Å²) in [5, 5.41) is 10.7. The molecular formula is C20H18N2O6S.